The van der Waals surface area contributed by atoms with E-state index in [1.54, 1.807) is 0 Å². The Labute approximate surface area is 298 Å². The topological polar surface area (TPSA) is 16.3 Å². The first-order valence-corrected chi connectivity index (χ1v) is 18.5. The van der Waals surface area contributed by atoms with Crippen LogP contribution in [0.2, 0.25) is 0 Å². The summed E-state index contributed by atoms with van der Waals surface area (Å²) in [5.74, 6) is 0. The van der Waals surface area contributed by atoms with Crippen LogP contribution < -0.4 is 9.80 Å². The molecule has 50 heavy (non-hydrogen) atoms. The molecule has 0 fully saturated rings. The number of rotatable bonds is 2. The fourth-order valence-electron chi connectivity index (χ4n) is 8.12. The molecule has 0 radical (unpaired) electrons. The van der Waals surface area contributed by atoms with Crippen LogP contribution in [0.1, 0.15) is 0 Å². The van der Waals surface area contributed by atoms with E-state index in [2.05, 4.69) is 179 Å². The predicted molar refractivity (Wildman–Crippen MR) is 212 cm³/mol. The van der Waals surface area contributed by atoms with Gasteiger partial charge in [-0.05, 0) is 84.9 Å². The third-order valence-electron chi connectivity index (χ3n) is 10.5. The predicted octanol–water partition coefficient (Wildman–Crippen LogP) is 12.8. The largest absolute Gasteiger partial charge is 0.344 e. The van der Waals surface area contributed by atoms with Gasteiger partial charge in [-0.2, -0.15) is 0 Å². The summed E-state index contributed by atoms with van der Waals surface area (Å²) in [5.41, 5.74) is 12.2. The molecule has 0 saturated carbocycles. The van der Waals surface area contributed by atoms with Crippen molar-refractivity contribution in [3.63, 3.8) is 0 Å². The zero-order valence-corrected chi connectivity index (χ0v) is 29.1. The number of aromatic nitrogens is 2. The molecule has 9 aromatic rings. The molecule has 238 valence electrons. The Bertz CT molecular complexity index is 2590. The second-order valence-corrected chi connectivity index (χ2v) is 15.3. The Morgan fingerprint density at radius 2 is 0.660 bits per heavy atom. The van der Waals surface area contributed by atoms with E-state index in [1.807, 2.05) is 23.5 Å². The molecule has 6 heteroatoms. The van der Waals surface area contributed by atoms with Crippen molar-refractivity contribution in [1.29, 1.82) is 0 Å². The van der Waals surface area contributed by atoms with Gasteiger partial charge in [0, 0.05) is 77.6 Å². The smallest absolute Gasteiger partial charge is 0.0601 e. The van der Waals surface area contributed by atoms with Gasteiger partial charge in [0.05, 0.1) is 33.8 Å². The number of hydrogen-bond donors (Lipinski definition) is 0. The summed E-state index contributed by atoms with van der Waals surface area (Å²) < 4.78 is 4.74. The van der Waals surface area contributed by atoms with Crippen molar-refractivity contribution in [2.45, 2.75) is 19.6 Å². The van der Waals surface area contributed by atoms with Crippen molar-refractivity contribution in [3.8, 4) is 0 Å². The maximum atomic E-state index is 2.41. The van der Waals surface area contributed by atoms with E-state index < -0.39 is 0 Å². The number of anilines is 6. The molecule has 11 rings (SSSR count). The van der Waals surface area contributed by atoms with E-state index in [1.165, 1.54) is 97.3 Å². The first-order valence-electron chi connectivity index (χ1n) is 16.9. The first-order chi connectivity index (χ1) is 24.6. The van der Waals surface area contributed by atoms with Crippen molar-refractivity contribution in [2.24, 2.45) is 14.1 Å². The van der Waals surface area contributed by atoms with Gasteiger partial charge in [-0.15, -0.1) is 0 Å². The Morgan fingerprint density at radius 1 is 0.340 bits per heavy atom. The van der Waals surface area contributed by atoms with E-state index in [4.69, 9.17) is 0 Å². The lowest BCUT2D eigenvalue weighted by atomic mass is 10.1. The highest BCUT2D eigenvalue weighted by atomic mass is 32.2. The van der Waals surface area contributed by atoms with Crippen LogP contribution in [-0.2, 0) is 14.1 Å². The van der Waals surface area contributed by atoms with Crippen LogP contribution in [0.15, 0.2) is 165 Å². The summed E-state index contributed by atoms with van der Waals surface area (Å²) in [6, 6.07) is 53.6. The average molecular weight is 679 g/mol. The van der Waals surface area contributed by atoms with Gasteiger partial charge in [0.25, 0.3) is 0 Å². The van der Waals surface area contributed by atoms with Crippen LogP contribution in [0.5, 0.6) is 0 Å². The molecule has 0 spiro atoms. The molecule has 2 aliphatic rings. The normalized spacial score (nSPS) is 13.6. The SMILES string of the molecule is Cn1c2cc(N3c4ccccc4Sc4ccccc43)ccc2c2cc3c(cc21)c1ccc(N2c4ccccc4Sc4ccccc42)cc1n3C. The van der Waals surface area contributed by atoms with Crippen LogP contribution in [-0.4, -0.2) is 9.13 Å². The molecule has 7 aromatic carbocycles. The Balaban J connectivity index is 1.07. The quantitative estimate of drug-likeness (QED) is 0.181. The molecule has 0 atom stereocenters. The summed E-state index contributed by atoms with van der Waals surface area (Å²) in [6.07, 6.45) is 0. The second-order valence-electron chi connectivity index (χ2n) is 13.2. The van der Waals surface area contributed by atoms with Gasteiger partial charge in [-0.25, -0.2) is 0 Å². The number of nitrogens with zero attached hydrogens (tertiary/aromatic N) is 4. The van der Waals surface area contributed by atoms with Crippen molar-refractivity contribution >= 4 is 101 Å². The number of aryl methyl sites for hydroxylation is 2. The highest BCUT2D eigenvalue weighted by molar-refractivity contribution is 8.00. The monoisotopic (exact) mass is 678 g/mol. The summed E-state index contributed by atoms with van der Waals surface area (Å²) in [6.45, 7) is 0. The maximum Gasteiger partial charge on any atom is 0.0601 e. The van der Waals surface area contributed by atoms with Crippen molar-refractivity contribution in [1.82, 2.24) is 9.13 Å². The van der Waals surface area contributed by atoms with Gasteiger partial charge >= 0.3 is 0 Å². The molecular weight excluding hydrogens is 649 g/mol. The minimum absolute atomic E-state index is 1.17. The Hall–Kier alpha value is -5.56. The van der Waals surface area contributed by atoms with Crippen molar-refractivity contribution < 1.29 is 0 Å². The van der Waals surface area contributed by atoms with Gasteiger partial charge in [-0.3, -0.25) is 0 Å². The van der Waals surface area contributed by atoms with E-state index in [0.29, 0.717) is 0 Å². The van der Waals surface area contributed by atoms with Gasteiger partial charge in [0.15, 0.2) is 0 Å². The minimum Gasteiger partial charge on any atom is -0.344 e. The third kappa shape index (κ3) is 3.91. The second kappa shape index (κ2) is 10.5. The molecule has 0 unspecified atom stereocenters. The molecule has 2 aromatic heterocycles. The molecular formula is C44H30N4S2. The molecule has 0 aliphatic carbocycles. The van der Waals surface area contributed by atoms with Crippen molar-refractivity contribution in [3.05, 3.63) is 146 Å². The van der Waals surface area contributed by atoms with Gasteiger partial charge in [-0.1, -0.05) is 84.2 Å². The summed E-state index contributed by atoms with van der Waals surface area (Å²) in [7, 11) is 4.42. The molecule has 0 saturated heterocycles. The lowest BCUT2D eigenvalue weighted by Gasteiger charge is -2.32. The number of benzene rings is 7. The Kier molecular flexibility index (Phi) is 5.93. The van der Waals surface area contributed by atoms with Crippen LogP contribution in [0.25, 0.3) is 43.6 Å². The van der Waals surface area contributed by atoms with Crippen LogP contribution in [0, 0.1) is 0 Å². The number of para-hydroxylation sites is 4. The minimum atomic E-state index is 1.17. The van der Waals surface area contributed by atoms with E-state index in [9.17, 15) is 0 Å². The standard InChI is InChI=1S/C44H30N4S2/c1-45-37-23-27(47-33-11-3-7-15-41(33)49-42-16-8-4-12-34(42)47)19-21-29(37)31-26-40-32(25-39(31)45)30-22-20-28(24-38(30)46(40)2)48-35-13-5-9-17-43(35)50-44-18-10-6-14-36(44)48/h3-26H,1-2H3. The highest BCUT2D eigenvalue weighted by Gasteiger charge is 2.27. The molecule has 0 N–H and O–H groups in total. The molecule has 4 heterocycles. The third-order valence-corrected chi connectivity index (χ3v) is 12.7. The zero-order valence-electron chi connectivity index (χ0n) is 27.5. The number of hydrogen-bond acceptors (Lipinski definition) is 4. The zero-order chi connectivity index (χ0) is 33.1. The Morgan fingerprint density at radius 3 is 1.02 bits per heavy atom. The van der Waals surface area contributed by atoms with Gasteiger partial charge in [0.1, 0.15) is 0 Å². The lowest BCUT2D eigenvalue weighted by molar-refractivity contribution is 1.01. The first kappa shape index (κ1) is 28.3. The lowest BCUT2D eigenvalue weighted by Crippen LogP contribution is -2.14. The molecule has 4 nitrogen and oxygen atoms in total. The highest BCUT2D eigenvalue weighted by Crippen LogP contribution is 2.53. The maximum absolute atomic E-state index is 2.41. The number of fused-ring (bicyclic) bond motifs is 10. The summed E-state index contributed by atoms with van der Waals surface area (Å²) in [5, 5.41) is 5.09. The summed E-state index contributed by atoms with van der Waals surface area (Å²) >= 11 is 3.69. The fourth-order valence-corrected chi connectivity index (χ4v) is 10.2. The average Bonchev–Trinajstić information content (AvgIpc) is 3.60. The van der Waals surface area contributed by atoms with E-state index in [0.717, 1.165) is 0 Å². The van der Waals surface area contributed by atoms with Gasteiger partial charge < -0.3 is 18.9 Å². The molecule has 0 bridgehead atoms. The molecule has 2 aliphatic heterocycles. The van der Waals surface area contributed by atoms with Crippen LogP contribution in [0.4, 0.5) is 34.1 Å². The fraction of sp³-hybridized carbons (Fsp3) is 0.0455. The van der Waals surface area contributed by atoms with Gasteiger partial charge in [0.2, 0.25) is 0 Å². The summed E-state index contributed by atoms with van der Waals surface area (Å²) in [4.78, 5) is 9.93. The van der Waals surface area contributed by atoms with Crippen LogP contribution in [0.3, 0.4) is 0 Å². The van der Waals surface area contributed by atoms with Crippen molar-refractivity contribution in [2.75, 3.05) is 9.80 Å². The van der Waals surface area contributed by atoms with E-state index >= 15 is 0 Å². The van der Waals surface area contributed by atoms with E-state index in [-0.39, 0.29) is 0 Å². The molecule has 0 amide bonds. The van der Waals surface area contributed by atoms with Crippen LogP contribution >= 0.6 is 23.5 Å².